The maximum absolute atomic E-state index is 8.58. The normalized spacial score (nSPS) is 8.50. The van der Waals surface area contributed by atoms with Gasteiger partial charge in [0.1, 0.15) is 0 Å². The predicted molar refractivity (Wildman–Crippen MR) is 69.4 cm³/mol. The molecule has 0 spiro atoms. The molecule has 0 radical (unpaired) electrons. The number of benzene rings is 1. The third kappa shape index (κ3) is 4.17. The third-order valence-corrected chi connectivity index (χ3v) is 1.91. The summed E-state index contributed by atoms with van der Waals surface area (Å²) in [5, 5.41) is 1.30. The predicted octanol–water partition coefficient (Wildman–Crippen LogP) is 2.91. The van der Waals surface area contributed by atoms with Crippen LogP contribution in [0.15, 0.2) is 24.3 Å². The minimum absolute atomic E-state index is 0.250. The van der Waals surface area contributed by atoms with E-state index in [1.165, 1.54) is 22.2 Å². The van der Waals surface area contributed by atoms with Gasteiger partial charge in [0.15, 0.2) is 0 Å². The lowest BCUT2D eigenvalue weighted by Gasteiger charge is -1.90. The second kappa shape index (κ2) is 7.51. The van der Waals surface area contributed by atoms with Crippen molar-refractivity contribution in [2.24, 2.45) is 5.73 Å². The second-order valence-corrected chi connectivity index (χ2v) is 3.18. The zero-order valence-electron chi connectivity index (χ0n) is 10.4. The second-order valence-electron chi connectivity index (χ2n) is 3.18. The highest BCUT2D eigenvalue weighted by Gasteiger charge is 1.95. The van der Waals surface area contributed by atoms with Crippen molar-refractivity contribution in [2.45, 2.75) is 27.7 Å². The highest BCUT2D eigenvalue weighted by Crippen LogP contribution is 2.15. The van der Waals surface area contributed by atoms with Gasteiger partial charge in [0.05, 0.1) is 0 Å². The first-order chi connectivity index (χ1) is 7.67. The van der Waals surface area contributed by atoms with E-state index in [0.717, 1.165) is 0 Å². The monoisotopic (exact) mass is 220 g/mol. The molecule has 1 amide bonds. The summed E-state index contributed by atoms with van der Waals surface area (Å²) in [6.45, 7) is 8.19. The molecular weight excluding hydrogens is 200 g/mol. The summed E-state index contributed by atoms with van der Waals surface area (Å²) < 4.78 is 0. The van der Waals surface area contributed by atoms with Crippen LogP contribution >= 0.6 is 0 Å². The van der Waals surface area contributed by atoms with E-state index in [9.17, 15) is 0 Å². The molecule has 0 aliphatic heterocycles. The highest BCUT2D eigenvalue weighted by molar-refractivity contribution is 5.80. The zero-order valence-corrected chi connectivity index (χ0v) is 10.4. The minimum atomic E-state index is 0.250. The van der Waals surface area contributed by atoms with Crippen LogP contribution in [-0.4, -0.2) is 11.4 Å². The summed E-state index contributed by atoms with van der Waals surface area (Å²) in [6, 6.07) is 8.61. The van der Waals surface area contributed by atoms with Gasteiger partial charge in [-0.2, -0.15) is 0 Å². The number of fused-ring (bicyclic) bond motifs is 1. The molecule has 3 N–H and O–H groups in total. The molecule has 1 aromatic heterocycles. The summed E-state index contributed by atoms with van der Waals surface area (Å²) in [5.41, 5.74) is 7.94. The van der Waals surface area contributed by atoms with Crippen molar-refractivity contribution in [3.63, 3.8) is 0 Å². The molecule has 0 atom stereocenters. The fourth-order valence-corrected chi connectivity index (χ4v) is 1.39. The van der Waals surface area contributed by atoms with Crippen molar-refractivity contribution in [1.29, 1.82) is 0 Å². The van der Waals surface area contributed by atoms with E-state index in [1.54, 1.807) is 0 Å². The Labute approximate surface area is 96.7 Å². The molecule has 0 unspecified atom stereocenters. The van der Waals surface area contributed by atoms with Crippen LogP contribution in [0.25, 0.3) is 10.9 Å². The zero-order chi connectivity index (χ0) is 12.6. The van der Waals surface area contributed by atoms with E-state index >= 15 is 0 Å². The molecule has 3 nitrogen and oxygen atoms in total. The summed E-state index contributed by atoms with van der Waals surface area (Å²) in [7, 11) is 0. The van der Waals surface area contributed by atoms with Gasteiger partial charge in [-0.05, 0) is 36.9 Å². The number of nitrogens with two attached hydrogens (primary N) is 1. The van der Waals surface area contributed by atoms with E-state index in [1.807, 2.05) is 13.8 Å². The molecular formula is C13H20N2O. The Morgan fingerprint density at radius 3 is 2.31 bits per heavy atom. The van der Waals surface area contributed by atoms with Crippen molar-refractivity contribution in [3.05, 3.63) is 35.5 Å². The van der Waals surface area contributed by atoms with Gasteiger partial charge in [-0.1, -0.05) is 26.0 Å². The largest absolute Gasteiger partial charge is 0.372 e. The smallest absolute Gasteiger partial charge is 0.204 e. The first kappa shape index (κ1) is 14.2. The van der Waals surface area contributed by atoms with E-state index in [2.05, 4.69) is 48.8 Å². The number of hydrogen-bond acceptors (Lipinski definition) is 1. The van der Waals surface area contributed by atoms with Gasteiger partial charge < -0.3 is 10.7 Å². The molecule has 1 heterocycles. The molecule has 16 heavy (non-hydrogen) atoms. The summed E-state index contributed by atoms with van der Waals surface area (Å²) in [4.78, 5) is 11.9. The Morgan fingerprint density at radius 1 is 1.19 bits per heavy atom. The average molecular weight is 220 g/mol. The van der Waals surface area contributed by atoms with Crippen molar-refractivity contribution >= 4 is 17.3 Å². The molecule has 0 bridgehead atoms. The Morgan fingerprint density at radius 2 is 1.75 bits per heavy atom. The van der Waals surface area contributed by atoms with Gasteiger partial charge in [-0.25, -0.2) is 0 Å². The Kier molecular flexibility index (Phi) is 6.68. The number of aryl methyl sites for hydroxylation is 2. The van der Waals surface area contributed by atoms with Gasteiger partial charge in [0.25, 0.3) is 0 Å². The number of rotatable bonds is 0. The lowest BCUT2D eigenvalue weighted by atomic mass is 10.2. The molecule has 3 heteroatoms. The van der Waals surface area contributed by atoms with Crippen molar-refractivity contribution in [2.75, 3.05) is 0 Å². The third-order valence-electron chi connectivity index (χ3n) is 1.91. The van der Waals surface area contributed by atoms with E-state index < -0.39 is 0 Å². The number of carbonyl (C=O) groups is 1. The van der Waals surface area contributed by atoms with Crippen molar-refractivity contribution < 1.29 is 4.79 Å². The summed E-state index contributed by atoms with van der Waals surface area (Å²) in [6.07, 6.45) is 0.250. The van der Waals surface area contributed by atoms with Crippen LogP contribution in [0.5, 0.6) is 0 Å². The summed E-state index contributed by atoms with van der Waals surface area (Å²) in [5.74, 6) is 0. The van der Waals surface area contributed by atoms with Gasteiger partial charge in [0.2, 0.25) is 6.41 Å². The topological polar surface area (TPSA) is 58.9 Å². The van der Waals surface area contributed by atoms with Gasteiger partial charge in [-0.3, -0.25) is 4.79 Å². The number of aromatic nitrogens is 1. The number of nitrogens with one attached hydrogen (secondary N) is 1. The van der Waals surface area contributed by atoms with Crippen molar-refractivity contribution in [3.8, 4) is 0 Å². The van der Waals surface area contributed by atoms with E-state index in [0.29, 0.717) is 0 Å². The van der Waals surface area contributed by atoms with Crippen LogP contribution in [0.2, 0.25) is 0 Å². The fourth-order valence-electron chi connectivity index (χ4n) is 1.39. The molecule has 2 aromatic rings. The van der Waals surface area contributed by atoms with E-state index in [-0.39, 0.29) is 6.41 Å². The molecule has 1 aromatic carbocycles. The van der Waals surface area contributed by atoms with Crippen LogP contribution in [0.3, 0.4) is 0 Å². The lowest BCUT2D eigenvalue weighted by Crippen LogP contribution is -1.82. The van der Waals surface area contributed by atoms with Crippen LogP contribution in [0.1, 0.15) is 25.1 Å². The maximum atomic E-state index is 8.58. The van der Waals surface area contributed by atoms with E-state index in [4.69, 9.17) is 4.79 Å². The van der Waals surface area contributed by atoms with Gasteiger partial charge in [-0.15, -0.1) is 0 Å². The molecule has 0 aliphatic carbocycles. The first-order valence-electron chi connectivity index (χ1n) is 5.38. The Balaban J connectivity index is 0.000000394. The van der Waals surface area contributed by atoms with Crippen molar-refractivity contribution in [1.82, 2.24) is 4.98 Å². The molecule has 0 fully saturated rings. The summed E-state index contributed by atoms with van der Waals surface area (Å²) >= 11 is 0. The van der Waals surface area contributed by atoms with Crippen LogP contribution in [-0.2, 0) is 4.79 Å². The number of primary amides is 1. The molecule has 2 rings (SSSR count). The molecule has 0 saturated heterocycles. The number of amides is 1. The lowest BCUT2D eigenvalue weighted by molar-refractivity contribution is -0.106. The highest BCUT2D eigenvalue weighted by atomic mass is 16.1. The molecule has 0 saturated carbocycles. The molecule has 88 valence electrons. The standard InChI is InChI=1S/C10H11N.C2H6.CH3NO/c1-7-3-4-9-6-8(2)11-10(9)5-7;1-2;2-1-3/h3-6,11H,1-2H3;1-2H3;1H,(H2,2,3). The number of aromatic amines is 1. The molecule has 0 aliphatic rings. The quantitative estimate of drug-likeness (QED) is 0.659. The first-order valence-corrected chi connectivity index (χ1v) is 5.38. The number of carbonyl (C=O) groups excluding carboxylic acids is 1. The average Bonchev–Trinajstić information content (AvgIpc) is 2.61. The minimum Gasteiger partial charge on any atom is -0.372 e. The van der Waals surface area contributed by atoms with Crippen LogP contribution < -0.4 is 5.73 Å². The fraction of sp³-hybridized carbons (Fsp3) is 0.308. The van der Waals surface area contributed by atoms with Gasteiger partial charge in [0, 0.05) is 11.2 Å². The maximum Gasteiger partial charge on any atom is 0.204 e. The SMILES string of the molecule is CC.Cc1ccc2cc(C)[nH]c2c1.NC=O. The van der Waals surface area contributed by atoms with Gasteiger partial charge >= 0.3 is 0 Å². The Hall–Kier alpha value is -1.77. The number of hydrogen-bond donors (Lipinski definition) is 2. The number of H-pyrrole nitrogens is 1. The van der Waals surface area contributed by atoms with Crippen LogP contribution in [0, 0.1) is 13.8 Å². The Bertz CT molecular complexity index is 432. The van der Waals surface area contributed by atoms with Crippen LogP contribution in [0.4, 0.5) is 0 Å².